The highest BCUT2D eigenvalue weighted by Crippen LogP contribution is 2.48. The minimum Gasteiger partial charge on any atom is -0.372 e. The van der Waals surface area contributed by atoms with Crippen LogP contribution in [0.25, 0.3) is 0 Å². The number of amides is 1. The van der Waals surface area contributed by atoms with Gasteiger partial charge in [0.2, 0.25) is 0 Å². The normalized spacial score (nSPS) is 18.4. The van der Waals surface area contributed by atoms with E-state index in [0.717, 1.165) is 18.4 Å². The van der Waals surface area contributed by atoms with Crippen molar-refractivity contribution in [3.63, 3.8) is 0 Å². The summed E-state index contributed by atoms with van der Waals surface area (Å²) in [7, 11) is 1.79. The van der Waals surface area contributed by atoms with E-state index in [2.05, 4.69) is 15.6 Å². The first-order chi connectivity index (χ1) is 9.29. The molecule has 1 amide bonds. The van der Waals surface area contributed by atoms with Gasteiger partial charge in [-0.05, 0) is 55.6 Å². The first-order valence-corrected chi connectivity index (χ1v) is 7.20. The standard InChI is InChI=1S/C15H21N3O/c1-16-14-12(3-2-8-17-14)15(19)18-9-13(10-4-5-10)11-6-7-11/h2-3,8,10-11,13H,4-7,9H2,1H3,(H,16,17)(H,18,19). The number of carbonyl (C=O) groups is 1. The van der Waals surface area contributed by atoms with Crippen LogP contribution in [-0.4, -0.2) is 24.5 Å². The Kier molecular flexibility index (Phi) is 3.40. The highest BCUT2D eigenvalue weighted by atomic mass is 16.1. The van der Waals surface area contributed by atoms with Crippen LogP contribution in [0.15, 0.2) is 18.3 Å². The summed E-state index contributed by atoms with van der Waals surface area (Å²) in [6, 6.07) is 3.62. The molecule has 0 saturated heterocycles. The molecule has 2 saturated carbocycles. The molecule has 102 valence electrons. The van der Waals surface area contributed by atoms with E-state index in [4.69, 9.17) is 0 Å². The van der Waals surface area contributed by atoms with Gasteiger partial charge in [0, 0.05) is 19.8 Å². The molecule has 0 radical (unpaired) electrons. The monoisotopic (exact) mass is 259 g/mol. The predicted octanol–water partition coefficient (Wildman–Crippen LogP) is 2.29. The number of hydrogen-bond donors (Lipinski definition) is 2. The summed E-state index contributed by atoms with van der Waals surface area (Å²) in [6.07, 6.45) is 7.11. The van der Waals surface area contributed by atoms with Crippen molar-refractivity contribution in [3.05, 3.63) is 23.9 Å². The van der Waals surface area contributed by atoms with Gasteiger partial charge in [-0.3, -0.25) is 4.79 Å². The Hall–Kier alpha value is -1.58. The van der Waals surface area contributed by atoms with Crippen LogP contribution in [0, 0.1) is 17.8 Å². The molecule has 19 heavy (non-hydrogen) atoms. The maximum absolute atomic E-state index is 12.2. The van der Waals surface area contributed by atoms with Crippen molar-refractivity contribution in [3.8, 4) is 0 Å². The van der Waals surface area contributed by atoms with Crippen LogP contribution in [0.2, 0.25) is 0 Å². The molecule has 0 aromatic carbocycles. The van der Waals surface area contributed by atoms with E-state index in [0.29, 0.717) is 17.3 Å². The largest absolute Gasteiger partial charge is 0.372 e. The van der Waals surface area contributed by atoms with Gasteiger partial charge < -0.3 is 10.6 Å². The summed E-state index contributed by atoms with van der Waals surface area (Å²) >= 11 is 0. The SMILES string of the molecule is CNc1ncccc1C(=O)NCC(C1CC1)C1CC1. The van der Waals surface area contributed by atoms with E-state index in [1.807, 2.05) is 6.07 Å². The molecule has 3 rings (SSSR count). The minimum atomic E-state index is -0.0104. The first kappa shape index (κ1) is 12.5. The second-order valence-electron chi connectivity index (χ2n) is 5.70. The molecule has 1 aromatic rings. The Morgan fingerprint density at radius 2 is 2.05 bits per heavy atom. The molecule has 0 bridgehead atoms. The molecule has 0 aliphatic heterocycles. The molecule has 2 aliphatic carbocycles. The quantitative estimate of drug-likeness (QED) is 0.824. The summed E-state index contributed by atoms with van der Waals surface area (Å²) in [6.45, 7) is 0.826. The van der Waals surface area contributed by atoms with E-state index in [1.54, 1.807) is 19.3 Å². The molecule has 0 atom stereocenters. The van der Waals surface area contributed by atoms with Gasteiger partial charge in [-0.25, -0.2) is 4.98 Å². The van der Waals surface area contributed by atoms with Crippen molar-refractivity contribution in [2.24, 2.45) is 17.8 Å². The third kappa shape index (κ3) is 2.88. The summed E-state index contributed by atoms with van der Waals surface area (Å²) in [4.78, 5) is 16.4. The number of pyridine rings is 1. The zero-order valence-electron chi connectivity index (χ0n) is 11.4. The van der Waals surface area contributed by atoms with Crippen LogP contribution in [0.1, 0.15) is 36.0 Å². The van der Waals surface area contributed by atoms with E-state index in [-0.39, 0.29) is 5.91 Å². The van der Waals surface area contributed by atoms with Gasteiger partial charge in [0.25, 0.3) is 5.91 Å². The van der Waals surface area contributed by atoms with E-state index < -0.39 is 0 Å². The van der Waals surface area contributed by atoms with Crippen molar-refractivity contribution in [2.75, 3.05) is 18.9 Å². The lowest BCUT2D eigenvalue weighted by molar-refractivity contribution is 0.0944. The third-order valence-electron chi connectivity index (χ3n) is 4.24. The minimum absolute atomic E-state index is 0.0104. The number of carbonyl (C=O) groups excluding carboxylic acids is 1. The Labute approximate surface area is 114 Å². The van der Waals surface area contributed by atoms with E-state index in [9.17, 15) is 4.79 Å². The highest BCUT2D eigenvalue weighted by Gasteiger charge is 2.41. The van der Waals surface area contributed by atoms with Gasteiger partial charge >= 0.3 is 0 Å². The van der Waals surface area contributed by atoms with Crippen molar-refractivity contribution in [2.45, 2.75) is 25.7 Å². The summed E-state index contributed by atoms with van der Waals surface area (Å²) in [5, 5.41) is 6.06. The molecule has 1 aromatic heterocycles. The number of anilines is 1. The van der Waals surface area contributed by atoms with Gasteiger partial charge in [0.1, 0.15) is 5.82 Å². The van der Waals surface area contributed by atoms with Gasteiger partial charge in [-0.2, -0.15) is 0 Å². The van der Waals surface area contributed by atoms with Crippen molar-refractivity contribution in [1.82, 2.24) is 10.3 Å². The Morgan fingerprint density at radius 3 is 2.63 bits per heavy atom. The molecular formula is C15H21N3O. The molecule has 0 unspecified atom stereocenters. The van der Waals surface area contributed by atoms with Crippen molar-refractivity contribution < 1.29 is 4.79 Å². The smallest absolute Gasteiger partial charge is 0.255 e. The lowest BCUT2D eigenvalue weighted by Crippen LogP contribution is -2.31. The van der Waals surface area contributed by atoms with Gasteiger partial charge in [0.05, 0.1) is 5.56 Å². The lowest BCUT2D eigenvalue weighted by atomic mass is 9.98. The maximum atomic E-state index is 12.2. The zero-order valence-corrected chi connectivity index (χ0v) is 11.4. The molecular weight excluding hydrogens is 238 g/mol. The van der Waals surface area contributed by atoms with Crippen LogP contribution in [0.5, 0.6) is 0 Å². The van der Waals surface area contributed by atoms with Gasteiger partial charge in [-0.15, -0.1) is 0 Å². The maximum Gasteiger partial charge on any atom is 0.255 e. The summed E-state index contributed by atoms with van der Waals surface area (Å²) < 4.78 is 0. The molecule has 4 nitrogen and oxygen atoms in total. The fourth-order valence-corrected chi connectivity index (χ4v) is 2.86. The zero-order chi connectivity index (χ0) is 13.2. The first-order valence-electron chi connectivity index (χ1n) is 7.20. The van der Waals surface area contributed by atoms with Crippen LogP contribution in [0.3, 0.4) is 0 Å². The number of nitrogens with zero attached hydrogens (tertiary/aromatic N) is 1. The van der Waals surface area contributed by atoms with Gasteiger partial charge in [0.15, 0.2) is 0 Å². The summed E-state index contributed by atoms with van der Waals surface area (Å²) in [5.41, 5.74) is 0.635. The van der Waals surface area contributed by atoms with Gasteiger partial charge in [-0.1, -0.05) is 0 Å². The van der Waals surface area contributed by atoms with E-state index >= 15 is 0 Å². The second-order valence-corrected chi connectivity index (χ2v) is 5.70. The number of hydrogen-bond acceptors (Lipinski definition) is 3. The number of rotatable bonds is 6. The number of nitrogens with one attached hydrogen (secondary N) is 2. The molecule has 2 fully saturated rings. The highest BCUT2D eigenvalue weighted by molar-refractivity contribution is 5.98. The average molecular weight is 259 g/mol. The topological polar surface area (TPSA) is 54.0 Å². The van der Waals surface area contributed by atoms with Crippen LogP contribution < -0.4 is 10.6 Å². The Balaban J connectivity index is 1.61. The second kappa shape index (κ2) is 5.19. The Morgan fingerprint density at radius 1 is 1.37 bits per heavy atom. The van der Waals surface area contributed by atoms with Crippen molar-refractivity contribution in [1.29, 1.82) is 0 Å². The third-order valence-corrected chi connectivity index (χ3v) is 4.24. The Bertz CT molecular complexity index is 454. The fraction of sp³-hybridized carbons (Fsp3) is 0.600. The molecule has 1 heterocycles. The lowest BCUT2D eigenvalue weighted by Gasteiger charge is -2.16. The van der Waals surface area contributed by atoms with E-state index in [1.165, 1.54) is 25.7 Å². The predicted molar refractivity (Wildman–Crippen MR) is 75.1 cm³/mol. The van der Waals surface area contributed by atoms with Crippen LogP contribution in [-0.2, 0) is 0 Å². The van der Waals surface area contributed by atoms with Crippen LogP contribution in [0.4, 0.5) is 5.82 Å². The molecule has 2 aliphatic rings. The summed E-state index contributed by atoms with van der Waals surface area (Å²) in [5.74, 6) is 3.08. The van der Waals surface area contributed by atoms with Crippen molar-refractivity contribution >= 4 is 11.7 Å². The number of aromatic nitrogens is 1. The molecule has 4 heteroatoms. The fourth-order valence-electron chi connectivity index (χ4n) is 2.86. The average Bonchev–Trinajstić information content (AvgIpc) is 3.31. The van der Waals surface area contributed by atoms with Crippen LogP contribution >= 0.6 is 0 Å². The molecule has 0 spiro atoms. The molecule has 2 N–H and O–H groups in total.